The number of halogens is 2. The van der Waals surface area contributed by atoms with Crippen molar-refractivity contribution < 1.29 is 0 Å². The van der Waals surface area contributed by atoms with Crippen molar-refractivity contribution in [2.24, 2.45) is 11.7 Å². The molecule has 2 rings (SSSR count). The summed E-state index contributed by atoms with van der Waals surface area (Å²) in [7, 11) is 0. The van der Waals surface area contributed by atoms with Crippen LogP contribution in [0, 0.1) is 5.92 Å². The van der Waals surface area contributed by atoms with E-state index in [9.17, 15) is 0 Å². The van der Waals surface area contributed by atoms with Crippen molar-refractivity contribution in [2.45, 2.75) is 25.8 Å². The SMILES string of the molecule is NCCC1CCN(Cc2nc(Cl)ccc2Cl)CC1. The highest BCUT2D eigenvalue weighted by Crippen LogP contribution is 2.23. The molecule has 0 spiro atoms. The van der Waals surface area contributed by atoms with Crippen LogP contribution in [-0.4, -0.2) is 29.5 Å². The smallest absolute Gasteiger partial charge is 0.129 e. The maximum Gasteiger partial charge on any atom is 0.129 e. The Morgan fingerprint density at radius 3 is 2.67 bits per heavy atom. The molecule has 1 fully saturated rings. The lowest BCUT2D eigenvalue weighted by Gasteiger charge is -2.31. The Balaban J connectivity index is 1.89. The minimum absolute atomic E-state index is 0.507. The first-order valence-corrected chi connectivity index (χ1v) is 7.18. The zero-order valence-electron chi connectivity index (χ0n) is 10.4. The molecular weight excluding hydrogens is 269 g/mol. The number of hydrogen-bond donors (Lipinski definition) is 1. The first kappa shape index (κ1) is 14.1. The Labute approximate surface area is 118 Å². The van der Waals surface area contributed by atoms with Crippen LogP contribution in [-0.2, 0) is 6.54 Å². The summed E-state index contributed by atoms with van der Waals surface area (Å²) >= 11 is 12.0. The number of piperidine rings is 1. The molecule has 1 aromatic heterocycles. The van der Waals surface area contributed by atoms with E-state index < -0.39 is 0 Å². The highest BCUT2D eigenvalue weighted by atomic mass is 35.5. The van der Waals surface area contributed by atoms with E-state index in [1.54, 1.807) is 6.07 Å². The van der Waals surface area contributed by atoms with Crippen molar-refractivity contribution >= 4 is 23.2 Å². The van der Waals surface area contributed by atoms with Crippen molar-refractivity contribution in [3.05, 3.63) is 28.0 Å². The van der Waals surface area contributed by atoms with Crippen LogP contribution in [0.4, 0.5) is 0 Å². The van der Waals surface area contributed by atoms with Gasteiger partial charge in [-0.2, -0.15) is 0 Å². The van der Waals surface area contributed by atoms with E-state index in [1.807, 2.05) is 6.07 Å². The third kappa shape index (κ3) is 3.82. The second kappa shape index (κ2) is 6.71. The topological polar surface area (TPSA) is 42.1 Å². The molecule has 1 aliphatic heterocycles. The van der Waals surface area contributed by atoms with Crippen molar-refractivity contribution in [3.63, 3.8) is 0 Å². The molecule has 0 saturated carbocycles. The normalized spacial score (nSPS) is 18.2. The number of pyridine rings is 1. The highest BCUT2D eigenvalue weighted by Gasteiger charge is 2.19. The van der Waals surface area contributed by atoms with Crippen LogP contribution < -0.4 is 5.73 Å². The first-order valence-electron chi connectivity index (χ1n) is 6.42. The van der Waals surface area contributed by atoms with Crippen LogP contribution in [0.15, 0.2) is 12.1 Å². The molecule has 1 aromatic rings. The molecule has 0 atom stereocenters. The molecule has 1 saturated heterocycles. The number of likely N-dealkylation sites (tertiary alicyclic amines) is 1. The summed E-state index contributed by atoms with van der Waals surface area (Å²) in [6, 6.07) is 3.54. The molecular formula is C13H19Cl2N3. The molecule has 0 radical (unpaired) electrons. The number of nitrogens with two attached hydrogens (primary N) is 1. The Hall–Kier alpha value is -0.350. The molecule has 5 heteroatoms. The lowest BCUT2D eigenvalue weighted by Crippen LogP contribution is -2.34. The van der Waals surface area contributed by atoms with Gasteiger partial charge in [0.25, 0.3) is 0 Å². The average molecular weight is 288 g/mol. The van der Waals surface area contributed by atoms with E-state index in [2.05, 4.69) is 9.88 Å². The molecule has 100 valence electrons. The molecule has 1 aliphatic rings. The van der Waals surface area contributed by atoms with Crippen molar-refractivity contribution in [3.8, 4) is 0 Å². The summed E-state index contributed by atoms with van der Waals surface area (Å²) < 4.78 is 0. The quantitative estimate of drug-likeness (QED) is 0.866. The molecule has 0 bridgehead atoms. The third-order valence-corrected chi connectivity index (χ3v) is 4.09. The van der Waals surface area contributed by atoms with E-state index in [0.717, 1.165) is 44.2 Å². The van der Waals surface area contributed by atoms with Crippen LogP contribution in [0.25, 0.3) is 0 Å². The van der Waals surface area contributed by atoms with Crippen LogP contribution in [0.2, 0.25) is 10.2 Å². The summed E-state index contributed by atoms with van der Waals surface area (Å²) in [6.45, 7) is 3.77. The maximum atomic E-state index is 6.13. The van der Waals surface area contributed by atoms with Gasteiger partial charge in [-0.05, 0) is 56.9 Å². The zero-order chi connectivity index (χ0) is 13.0. The molecule has 0 amide bonds. The first-order chi connectivity index (χ1) is 8.69. The number of nitrogens with zero attached hydrogens (tertiary/aromatic N) is 2. The standard InChI is InChI=1S/C13H19Cl2N3/c14-11-1-2-13(15)17-12(11)9-18-7-4-10(3-6-16)5-8-18/h1-2,10H,3-9,16H2. The number of hydrogen-bond acceptors (Lipinski definition) is 3. The fourth-order valence-electron chi connectivity index (χ4n) is 2.45. The van der Waals surface area contributed by atoms with Gasteiger partial charge >= 0.3 is 0 Å². The van der Waals surface area contributed by atoms with Gasteiger partial charge in [0.05, 0.1) is 10.7 Å². The van der Waals surface area contributed by atoms with E-state index in [1.165, 1.54) is 12.8 Å². The summed E-state index contributed by atoms with van der Waals surface area (Å²) in [5.74, 6) is 0.786. The monoisotopic (exact) mass is 287 g/mol. The van der Waals surface area contributed by atoms with Gasteiger partial charge in [0.2, 0.25) is 0 Å². The summed E-state index contributed by atoms with van der Waals surface area (Å²) in [5.41, 5.74) is 6.47. The average Bonchev–Trinajstić information content (AvgIpc) is 2.37. The molecule has 0 aromatic carbocycles. The Bertz CT molecular complexity index is 390. The summed E-state index contributed by atoms with van der Waals surface area (Å²) in [5, 5.41) is 1.20. The van der Waals surface area contributed by atoms with E-state index in [4.69, 9.17) is 28.9 Å². The fraction of sp³-hybridized carbons (Fsp3) is 0.615. The Morgan fingerprint density at radius 2 is 2.00 bits per heavy atom. The van der Waals surface area contributed by atoms with Gasteiger partial charge < -0.3 is 5.73 Å². The molecule has 18 heavy (non-hydrogen) atoms. The molecule has 0 aliphatic carbocycles. The summed E-state index contributed by atoms with van der Waals surface area (Å²) in [4.78, 5) is 6.68. The lowest BCUT2D eigenvalue weighted by atomic mass is 9.93. The predicted molar refractivity (Wildman–Crippen MR) is 75.9 cm³/mol. The molecule has 2 N–H and O–H groups in total. The molecule has 3 nitrogen and oxygen atoms in total. The van der Waals surface area contributed by atoms with E-state index >= 15 is 0 Å². The van der Waals surface area contributed by atoms with E-state index in [-0.39, 0.29) is 0 Å². The largest absolute Gasteiger partial charge is 0.330 e. The number of aromatic nitrogens is 1. The van der Waals surface area contributed by atoms with Crippen LogP contribution in [0.5, 0.6) is 0 Å². The van der Waals surface area contributed by atoms with Gasteiger partial charge in [0.1, 0.15) is 5.15 Å². The Kier molecular flexibility index (Phi) is 5.25. The van der Waals surface area contributed by atoms with Gasteiger partial charge in [-0.15, -0.1) is 0 Å². The summed E-state index contributed by atoms with van der Waals surface area (Å²) in [6.07, 6.45) is 3.58. The second-order valence-electron chi connectivity index (χ2n) is 4.86. The third-order valence-electron chi connectivity index (χ3n) is 3.54. The maximum absolute atomic E-state index is 6.13. The second-order valence-corrected chi connectivity index (χ2v) is 5.65. The van der Waals surface area contributed by atoms with Gasteiger partial charge in [0, 0.05) is 6.54 Å². The molecule has 0 unspecified atom stereocenters. The van der Waals surface area contributed by atoms with Crippen molar-refractivity contribution in [1.82, 2.24) is 9.88 Å². The zero-order valence-corrected chi connectivity index (χ0v) is 11.9. The van der Waals surface area contributed by atoms with Gasteiger partial charge in [-0.25, -0.2) is 4.98 Å². The van der Waals surface area contributed by atoms with Gasteiger partial charge in [-0.1, -0.05) is 23.2 Å². The fourth-order valence-corrected chi connectivity index (χ4v) is 2.78. The Morgan fingerprint density at radius 1 is 1.28 bits per heavy atom. The van der Waals surface area contributed by atoms with Crippen LogP contribution in [0.3, 0.4) is 0 Å². The predicted octanol–water partition coefficient (Wildman–Crippen LogP) is 2.95. The van der Waals surface area contributed by atoms with E-state index in [0.29, 0.717) is 10.2 Å². The van der Waals surface area contributed by atoms with Crippen molar-refractivity contribution in [1.29, 1.82) is 0 Å². The minimum Gasteiger partial charge on any atom is -0.330 e. The van der Waals surface area contributed by atoms with Crippen LogP contribution in [0.1, 0.15) is 25.0 Å². The number of rotatable bonds is 4. The van der Waals surface area contributed by atoms with Gasteiger partial charge in [-0.3, -0.25) is 4.90 Å². The highest BCUT2D eigenvalue weighted by molar-refractivity contribution is 6.32. The van der Waals surface area contributed by atoms with Crippen LogP contribution >= 0.6 is 23.2 Å². The molecule has 2 heterocycles. The van der Waals surface area contributed by atoms with Crippen molar-refractivity contribution in [2.75, 3.05) is 19.6 Å². The minimum atomic E-state index is 0.507. The van der Waals surface area contributed by atoms with Gasteiger partial charge in [0.15, 0.2) is 0 Å². The lowest BCUT2D eigenvalue weighted by molar-refractivity contribution is 0.172.